The molecule has 1 aromatic carbocycles. The first-order valence-corrected chi connectivity index (χ1v) is 11.7. The van der Waals surface area contributed by atoms with E-state index in [1.807, 2.05) is 50.4 Å². The number of likely N-dealkylation sites (tertiary alicyclic amines) is 1. The van der Waals surface area contributed by atoms with Crippen LogP contribution in [0.15, 0.2) is 61.3 Å². The Morgan fingerprint density at radius 2 is 1.94 bits per heavy atom. The third kappa shape index (κ3) is 5.88. The van der Waals surface area contributed by atoms with E-state index in [-0.39, 0.29) is 11.3 Å². The Morgan fingerprint density at radius 3 is 2.55 bits per heavy atom. The van der Waals surface area contributed by atoms with E-state index in [1.165, 1.54) is 0 Å². The fraction of sp³-hybridized carbons (Fsp3) is 0.379. The predicted molar refractivity (Wildman–Crippen MR) is 137 cm³/mol. The van der Waals surface area contributed by atoms with Gasteiger partial charge < -0.3 is 10.0 Å². The van der Waals surface area contributed by atoms with Gasteiger partial charge in [-0.3, -0.25) is 9.78 Å². The molecule has 174 valence electrons. The molecule has 2 aromatic rings. The third-order valence-corrected chi connectivity index (χ3v) is 6.17. The van der Waals surface area contributed by atoms with Crippen LogP contribution in [0.2, 0.25) is 0 Å². The lowest BCUT2D eigenvalue weighted by Crippen LogP contribution is -2.42. The number of allylic oxidation sites excluding steroid dienone is 5. The molecule has 1 aromatic heterocycles. The van der Waals surface area contributed by atoms with Gasteiger partial charge in [0, 0.05) is 36.0 Å². The van der Waals surface area contributed by atoms with Crippen LogP contribution in [0.5, 0.6) is 0 Å². The van der Waals surface area contributed by atoms with Gasteiger partial charge >= 0.3 is 0 Å². The first-order chi connectivity index (χ1) is 15.6. The number of aryl methyl sites for hydroxylation is 1. The Labute approximate surface area is 198 Å². The van der Waals surface area contributed by atoms with Gasteiger partial charge in [0.15, 0.2) is 0 Å². The number of hydrogen-bond donors (Lipinski definition) is 1. The molecular weight excluding hydrogens is 408 g/mol. The van der Waals surface area contributed by atoms with Gasteiger partial charge in [0.25, 0.3) is 5.91 Å². The number of aliphatic hydroxyl groups is 1. The molecule has 0 aliphatic carbocycles. The number of hydrogen-bond acceptors (Lipinski definition) is 3. The molecule has 4 nitrogen and oxygen atoms in total. The summed E-state index contributed by atoms with van der Waals surface area (Å²) in [6.07, 6.45) is 9.14. The number of pyridine rings is 1. The fourth-order valence-corrected chi connectivity index (χ4v) is 4.21. The van der Waals surface area contributed by atoms with Crippen molar-refractivity contribution in [3.05, 3.63) is 89.3 Å². The second-order valence-corrected chi connectivity index (χ2v) is 9.80. The zero-order valence-electron chi connectivity index (χ0n) is 20.6. The first kappa shape index (κ1) is 24.7. The summed E-state index contributed by atoms with van der Waals surface area (Å²) in [6, 6.07) is 9.99. The van der Waals surface area contributed by atoms with E-state index < -0.39 is 6.10 Å². The highest BCUT2D eigenvalue weighted by Gasteiger charge is 2.23. The monoisotopic (exact) mass is 444 g/mol. The normalized spacial score (nSPS) is 17.8. The quantitative estimate of drug-likeness (QED) is 0.579. The zero-order chi connectivity index (χ0) is 24.2. The Morgan fingerprint density at radius 1 is 1.18 bits per heavy atom. The molecule has 1 atom stereocenters. The lowest BCUT2D eigenvalue weighted by atomic mass is 9.89. The standard InChI is InChI=1S/C29H36N2O2/c1-7-21(23-13-14-30-27(18-23)29(4,5)6)17-22(8-2)26-12-11-24(16-20(26)3)28(33)31-15-9-10-25(32)19-31/h7-8,11-14,16-18,25,32H,2,9-10,15,19H2,1,3-6H3/b21-7+,22-17+. The Balaban J connectivity index is 1.91. The molecule has 1 N–H and O–H groups in total. The Bertz CT molecular complexity index is 1090. The van der Waals surface area contributed by atoms with Crippen molar-refractivity contribution in [1.82, 2.24) is 9.88 Å². The van der Waals surface area contributed by atoms with Crippen LogP contribution in [-0.4, -0.2) is 40.1 Å². The molecule has 1 amide bonds. The van der Waals surface area contributed by atoms with Crippen molar-refractivity contribution in [2.75, 3.05) is 13.1 Å². The summed E-state index contributed by atoms with van der Waals surface area (Å²) in [6.45, 7) is 15.7. The second-order valence-electron chi connectivity index (χ2n) is 9.80. The lowest BCUT2D eigenvalue weighted by molar-refractivity contribution is 0.0473. The van der Waals surface area contributed by atoms with Crippen molar-refractivity contribution in [2.45, 2.75) is 59.0 Å². The van der Waals surface area contributed by atoms with E-state index in [1.54, 1.807) is 4.90 Å². The first-order valence-electron chi connectivity index (χ1n) is 11.7. The molecule has 1 saturated heterocycles. The van der Waals surface area contributed by atoms with Crippen LogP contribution >= 0.6 is 0 Å². The van der Waals surface area contributed by atoms with Gasteiger partial charge in [0.1, 0.15) is 0 Å². The van der Waals surface area contributed by atoms with Crippen molar-refractivity contribution in [3.8, 4) is 0 Å². The van der Waals surface area contributed by atoms with E-state index in [0.29, 0.717) is 18.7 Å². The fourth-order valence-electron chi connectivity index (χ4n) is 4.21. The molecule has 4 heteroatoms. The molecule has 1 fully saturated rings. The minimum atomic E-state index is -0.426. The Hall–Kier alpha value is -2.98. The summed E-state index contributed by atoms with van der Waals surface area (Å²) in [7, 11) is 0. The van der Waals surface area contributed by atoms with Gasteiger partial charge in [-0.2, -0.15) is 0 Å². The number of aromatic nitrogens is 1. The van der Waals surface area contributed by atoms with E-state index in [0.717, 1.165) is 46.4 Å². The molecule has 2 heterocycles. The number of nitrogens with zero attached hydrogens (tertiary/aromatic N) is 2. The summed E-state index contributed by atoms with van der Waals surface area (Å²) in [5, 5.41) is 9.92. The lowest BCUT2D eigenvalue weighted by Gasteiger charge is -2.30. The van der Waals surface area contributed by atoms with Gasteiger partial charge in [0.05, 0.1) is 6.10 Å². The van der Waals surface area contributed by atoms with Crippen LogP contribution in [-0.2, 0) is 5.41 Å². The number of piperidine rings is 1. The van der Waals surface area contributed by atoms with Crippen LogP contribution < -0.4 is 0 Å². The number of carbonyl (C=O) groups is 1. The number of aliphatic hydroxyl groups excluding tert-OH is 1. The number of benzene rings is 1. The average Bonchev–Trinajstić information content (AvgIpc) is 2.79. The van der Waals surface area contributed by atoms with Gasteiger partial charge in [-0.15, -0.1) is 0 Å². The number of rotatable bonds is 5. The molecule has 0 saturated carbocycles. The highest BCUT2D eigenvalue weighted by molar-refractivity contribution is 5.96. The van der Waals surface area contributed by atoms with Gasteiger partial charge in [-0.1, -0.05) is 45.6 Å². The molecule has 1 aliphatic rings. The van der Waals surface area contributed by atoms with E-state index in [2.05, 4.69) is 50.6 Å². The second kappa shape index (κ2) is 10.3. The average molecular weight is 445 g/mol. The van der Waals surface area contributed by atoms with E-state index in [9.17, 15) is 9.90 Å². The highest BCUT2D eigenvalue weighted by Crippen LogP contribution is 2.29. The smallest absolute Gasteiger partial charge is 0.253 e. The summed E-state index contributed by atoms with van der Waals surface area (Å²) >= 11 is 0. The third-order valence-electron chi connectivity index (χ3n) is 6.17. The van der Waals surface area contributed by atoms with Crippen LogP contribution in [0.1, 0.15) is 73.3 Å². The van der Waals surface area contributed by atoms with Crippen molar-refractivity contribution in [2.24, 2.45) is 0 Å². The number of β-amino-alcohol motifs (C(OH)–C–C–N with tert-alkyl or cyclic N) is 1. The molecule has 33 heavy (non-hydrogen) atoms. The molecule has 0 bridgehead atoms. The SMILES string of the molecule is C=C/C(=C\C(=C/C)c1ccnc(C(C)(C)C)c1)c1ccc(C(=O)N2CCCC(O)C2)cc1C. The van der Waals surface area contributed by atoms with E-state index in [4.69, 9.17) is 0 Å². The summed E-state index contributed by atoms with van der Waals surface area (Å²) in [5.41, 5.74) is 6.96. The molecule has 1 unspecified atom stereocenters. The van der Waals surface area contributed by atoms with Crippen molar-refractivity contribution < 1.29 is 9.90 Å². The summed E-state index contributed by atoms with van der Waals surface area (Å²) in [4.78, 5) is 19.2. The minimum Gasteiger partial charge on any atom is -0.391 e. The van der Waals surface area contributed by atoms with Gasteiger partial charge in [-0.25, -0.2) is 0 Å². The van der Waals surface area contributed by atoms with Gasteiger partial charge in [-0.05, 0) is 84.9 Å². The van der Waals surface area contributed by atoms with E-state index >= 15 is 0 Å². The summed E-state index contributed by atoms with van der Waals surface area (Å²) in [5.74, 6) is -0.0202. The maximum atomic E-state index is 12.9. The zero-order valence-corrected chi connectivity index (χ0v) is 20.6. The molecular formula is C29H36N2O2. The minimum absolute atomic E-state index is 0.0202. The molecule has 0 spiro atoms. The molecule has 1 aliphatic heterocycles. The largest absolute Gasteiger partial charge is 0.391 e. The van der Waals surface area contributed by atoms with Crippen LogP contribution in [0, 0.1) is 6.92 Å². The maximum Gasteiger partial charge on any atom is 0.253 e. The van der Waals surface area contributed by atoms with Crippen molar-refractivity contribution in [1.29, 1.82) is 0 Å². The topological polar surface area (TPSA) is 53.4 Å². The number of amides is 1. The highest BCUT2D eigenvalue weighted by atomic mass is 16.3. The van der Waals surface area contributed by atoms with Crippen molar-refractivity contribution in [3.63, 3.8) is 0 Å². The van der Waals surface area contributed by atoms with Crippen LogP contribution in [0.3, 0.4) is 0 Å². The number of carbonyl (C=O) groups excluding carboxylic acids is 1. The van der Waals surface area contributed by atoms with Gasteiger partial charge in [0.2, 0.25) is 0 Å². The Kier molecular flexibility index (Phi) is 7.70. The van der Waals surface area contributed by atoms with Crippen LogP contribution in [0.25, 0.3) is 11.1 Å². The predicted octanol–water partition coefficient (Wildman–Crippen LogP) is 5.96. The summed E-state index contributed by atoms with van der Waals surface area (Å²) < 4.78 is 0. The van der Waals surface area contributed by atoms with Crippen molar-refractivity contribution >= 4 is 17.1 Å². The molecule has 0 radical (unpaired) electrons. The maximum absolute atomic E-state index is 12.9. The van der Waals surface area contributed by atoms with Crippen LogP contribution in [0.4, 0.5) is 0 Å². The molecule has 3 rings (SSSR count).